The molecular formula is C16H12N8O3. The van der Waals surface area contributed by atoms with E-state index < -0.39 is 22.4 Å². The molecule has 0 saturated heterocycles. The maximum Gasteiger partial charge on any atom is 0.259 e. The van der Waals surface area contributed by atoms with Gasteiger partial charge in [0.1, 0.15) is 17.1 Å². The molecule has 0 fully saturated rings. The van der Waals surface area contributed by atoms with Gasteiger partial charge in [0.25, 0.3) is 11.1 Å². The van der Waals surface area contributed by atoms with Crippen LogP contribution < -0.4 is 33.2 Å². The Kier molecular flexibility index (Phi) is 2.65. The second-order valence-corrected chi connectivity index (χ2v) is 6.22. The Morgan fingerprint density at radius 3 is 1.96 bits per heavy atom. The first-order chi connectivity index (χ1) is 12.9. The summed E-state index contributed by atoms with van der Waals surface area (Å²) < 4.78 is 0. The minimum atomic E-state index is -1.74. The van der Waals surface area contributed by atoms with E-state index in [1.165, 1.54) is 0 Å². The molecule has 2 aliphatic heterocycles. The van der Waals surface area contributed by atoms with E-state index in [1.54, 1.807) is 24.3 Å². The number of nitrogens with zero attached hydrogens (tertiary/aromatic N) is 2. The average Bonchev–Trinajstić information content (AvgIpc) is 2.86. The van der Waals surface area contributed by atoms with E-state index >= 15 is 0 Å². The third-order valence-corrected chi connectivity index (χ3v) is 4.78. The Balaban J connectivity index is 2.03. The summed E-state index contributed by atoms with van der Waals surface area (Å²) in [4.78, 5) is 51.9. The molecule has 0 unspecified atom stereocenters. The van der Waals surface area contributed by atoms with E-state index in [0.717, 1.165) is 0 Å². The standard InChI is InChI=1S/C16H12N8O3/c17-14-21-9-7(11(25)23-14)16(5-3-1-2-4-6(5)19-13(16)27)8-10(20-9)22-15(18)24-12(8)26/h1-4H,(H,19,27)(H7,17,18,20,21,22,23,24,25,26). The molecule has 0 radical (unpaired) electrons. The van der Waals surface area contributed by atoms with Crippen LogP contribution >= 0.6 is 0 Å². The minimum absolute atomic E-state index is 0.0353. The first kappa shape index (κ1) is 15.1. The van der Waals surface area contributed by atoms with Gasteiger partial charge >= 0.3 is 0 Å². The van der Waals surface area contributed by atoms with Crippen molar-refractivity contribution in [2.24, 2.45) is 0 Å². The average molecular weight is 364 g/mol. The van der Waals surface area contributed by atoms with Crippen LogP contribution in [0.5, 0.6) is 0 Å². The minimum Gasteiger partial charge on any atom is -0.369 e. The topological polar surface area (TPSA) is 185 Å². The van der Waals surface area contributed by atoms with Gasteiger partial charge in [-0.2, -0.15) is 9.97 Å². The second kappa shape index (κ2) is 4.72. The van der Waals surface area contributed by atoms with Crippen molar-refractivity contribution >= 4 is 35.1 Å². The van der Waals surface area contributed by atoms with Crippen LogP contribution in [0.3, 0.4) is 0 Å². The molecule has 1 aromatic carbocycles. The van der Waals surface area contributed by atoms with Gasteiger partial charge < -0.3 is 22.1 Å². The predicted molar refractivity (Wildman–Crippen MR) is 96.8 cm³/mol. The maximum absolute atomic E-state index is 13.2. The number of anilines is 5. The SMILES string of the molecule is Nc1nc2c(c(=O)[nH]1)C1(C(=O)Nc3ccccc31)c1c(nc(N)[nH]c1=O)N2. The molecule has 0 aliphatic carbocycles. The quantitative estimate of drug-likeness (QED) is 0.304. The van der Waals surface area contributed by atoms with Gasteiger partial charge in [-0.3, -0.25) is 24.4 Å². The number of hydrogen-bond donors (Lipinski definition) is 6. The highest BCUT2D eigenvalue weighted by Crippen LogP contribution is 2.51. The van der Waals surface area contributed by atoms with Crippen LogP contribution in [0.1, 0.15) is 16.7 Å². The summed E-state index contributed by atoms with van der Waals surface area (Å²) in [5.74, 6) is -0.785. The molecule has 134 valence electrons. The normalized spacial score (nSPS) is 15.5. The molecule has 2 aromatic heterocycles. The lowest BCUT2D eigenvalue weighted by molar-refractivity contribution is -0.118. The van der Waals surface area contributed by atoms with Crippen LogP contribution in [-0.2, 0) is 10.2 Å². The van der Waals surface area contributed by atoms with E-state index in [4.69, 9.17) is 11.5 Å². The van der Waals surface area contributed by atoms with Crippen LogP contribution in [0.2, 0.25) is 0 Å². The summed E-state index contributed by atoms with van der Waals surface area (Å²) in [5.41, 5.74) is 9.14. The first-order valence-electron chi connectivity index (χ1n) is 7.91. The number of carbonyl (C=O) groups excluding carboxylic acids is 1. The number of benzene rings is 1. The number of nitrogens with two attached hydrogens (primary N) is 2. The Hall–Kier alpha value is -4.15. The summed E-state index contributed by atoms with van der Waals surface area (Å²) in [6.45, 7) is 0. The molecule has 1 amide bonds. The zero-order valence-corrected chi connectivity index (χ0v) is 13.6. The lowest BCUT2D eigenvalue weighted by atomic mass is 9.69. The molecular weight excluding hydrogens is 352 g/mol. The van der Waals surface area contributed by atoms with Crippen molar-refractivity contribution < 1.29 is 4.79 Å². The molecule has 11 heteroatoms. The molecule has 1 spiro atoms. The van der Waals surface area contributed by atoms with E-state index in [2.05, 4.69) is 30.6 Å². The van der Waals surface area contributed by atoms with E-state index in [0.29, 0.717) is 11.3 Å². The predicted octanol–water partition coefficient (Wildman–Crippen LogP) is -0.639. The number of amides is 1. The van der Waals surface area contributed by atoms with Gasteiger partial charge in [-0.15, -0.1) is 0 Å². The van der Waals surface area contributed by atoms with Crippen molar-refractivity contribution in [3.05, 3.63) is 61.7 Å². The fourth-order valence-electron chi connectivity index (χ4n) is 3.85. The van der Waals surface area contributed by atoms with Gasteiger partial charge in [0, 0.05) is 11.3 Å². The highest BCUT2D eigenvalue weighted by Gasteiger charge is 2.58. The molecule has 5 rings (SSSR count). The number of fused-ring (bicyclic) bond motifs is 6. The number of aromatic nitrogens is 4. The highest BCUT2D eigenvalue weighted by molar-refractivity contribution is 6.13. The van der Waals surface area contributed by atoms with Gasteiger partial charge in [0.05, 0.1) is 11.1 Å². The van der Waals surface area contributed by atoms with Gasteiger partial charge in [-0.05, 0) is 6.07 Å². The van der Waals surface area contributed by atoms with Gasteiger partial charge in [0.2, 0.25) is 17.8 Å². The Labute approximate surface area is 149 Å². The number of H-pyrrole nitrogens is 2. The van der Waals surface area contributed by atoms with E-state index in [1.807, 2.05) is 0 Å². The number of carbonyl (C=O) groups is 1. The molecule has 2 aliphatic rings. The fraction of sp³-hybridized carbons (Fsp3) is 0.0625. The number of para-hydroxylation sites is 1. The molecule has 3 aromatic rings. The lowest BCUT2D eigenvalue weighted by Gasteiger charge is -2.33. The Morgan fingerprint density at radius 2 is 1.37 bits per heavy atom. The molecule has 0 bridgehead atoms. The molecule has 27 heavy (non-hydrogen) atoms. The van der Waals surface area contributed by atoms with E-state index in [-0.39, 0.29) is 34.7 Å². The second-order valence-electron chi connectivity index (χ2n) is 6.22. The summed E-state index contributed by atoms with van der Waals surface area (Å²) in [5, 5.41) is 5.54. The molecule has 4 heterocycles. The maximum atomic E-state index is 13.2. The zero-order chi connectivity index (χ0) is 18.9. The number of nitrogen functional groups attached to an aromatic ring is 2. The monoisotopic (exact) mass is 364 g/mol. The van der Waals surface area contributed by atoms with Gasteiger partial charge in [-0.1, -0.05) is 18.2 Å². The van der Waals surface area contributed by atoms with Crippen molar-refractivity contribution in [2.75, 3.05) is 22.1 Å². The fourth-order valence-corrected chi connectivity index (χ4v) is 3.85. The van der Waals surface area contributed by atoms with Crippen molar-refractivity contribution in [1.82, 2.24) is 19.9 Å². The molecule has 0 saturated carbocycles. The summed E-state index contributed by atoms with van der Waals surface area (Å²) >= 11 is 0. The van der Waals surface area contributed by atoms with Crippen LogP contribution in [-0.4, -0.2) is 25.8 Å². The summed E-state index contributed by atoms with van der Waals surface area (Å²) in [7, 11) is 0. The largest absolute Gasteiger partial charge is 0.369 e. The Morgan fingerprint density at radius 1 is 0.815 bits per heavy atom. The van der Waals surface area contributed by atoms with Crippen molar-refractivity contribution in [1.29, 1.82) is 0 Å². The third-order valence-electron chi connectivity index (χ3n) is 4.78. The van der Waals surface area contributed by atoms with E-state index in [9.17, 15) is 14.4 Å². The van der Waals surface area contributed by atoms with Crippen LogP contribution in [0.25, 0.3) is 0 Å². The summed E-state index contributed by atoms with van der Waals surface area (Å²) in [6, 6.07) is 6.79. The third kappa shape index (κ3) is 1.72. The van der Waals surface area contributed by atoms with Gasteiger partial charge in [-0.25, -0.2) is 0 Å². The first-order valence-corrected chi connectivity index (χ1v) is 7.91. The van der Waals surface area contributed by atoms with Crippen molar-refractivity contribution in [3.63, 3.8) is 0 Å². The van der Waals surface area contributed by atoms with Crippen LogP contribution in [0.15, 0.2) is 33.9 Å². The number of rotatable bonds is 0. The lowest BCUT2D eigenvalue weighted by Crippen LogP contribution is -2.48. The summed E-state index contributed by atoms with van der Waals surface area (Å²) in [6.07, 6.45) is 0. The van der Waals surface area contributed by atoms with Crippen molar-refractivity contribution in [2.45, 2.75) is 5.41 Å². The molecule has 11 nitrogen and oxygen atoms in total. The van der Waals surface area contributed by atoms with Crippen LogP contribution in [0.4, 0.5) is 29.2 Å². The van der Waals surface area contributed by atoms with Crippen molar-refractivity contribution in [3.8, 4) is 0 Å². The van der Waals surface area contributed by atoms with Gasteiger partial charge in [0.15, 0.2) is 0 Å². The Bertz CT molecular complexity index is 1210. The highest BCUT2D eigenvalue weighted by atomic mass is 16.2. The zero-order valence-electron chi connectivity index (χ0n) is 13.6. The number of nitrogens with one attached hydrogen (secondary N) is 4. The smallest absolute Gasteiger partial charge is 0.259 e. The molecule has 0 atom stereocenters. The number of hydrogen-bond acceptors (Lipinski definition) is 8. The molecule has 8 N–H and O–H groups in total. The number of aromatic amines is 2. The van der Waals surface area contributed by atoms with Crippen LogP contribution in [0, 0.1) is 0 Å².